The van der Waals surface area contributed by atoms with E-state index in [1.165, 1.54) is 0 Å². The number of carbonyl (C=O) groups excluding carboxylic acids is 1. The lowest BCUT2D eigenvalue weighted by atomic mass is 9.76. The summed E-state index contributed by atoms with van der Waals surface area (Å²) < 4.78 is 0. The molecule has 2 aromatic rings. The molecule has 1 heterocycles. The van der Waals surface area contributed by atoms with Crippen LogP contribution >= 0.6 is 11.3 Å². The Labute approximate surface area is 134 Å². The SMILES string of the molecule is Cc1sc(-c2ccccc2)nc1C1=C(O)CC(C)(C)CC1=O. The van der Waals surface area contributed by atoms with Crippen molar-refractivity contribution >= 4 is 22.7 Å². The molecule has 3 nitrogen and oxygen atoms in total. The Balaban J connectivity index is 2.06. The standard InChI is InChI=1S/C18H19NO2S/c1-11-16(15-13(20)9-18(2,3)10-14(15)21)19-17(22-11)12-7-5-4-6-8-12/h4-8,20H,9-10H2,1-3H3. The molecule has 0 atom stereocenters. The molecule has 0 aliphatic heterocycles. The second kappa shape index (κ2) is 5.36. The van der Waals surface area contributed by atoms with E-state index >= 15 is 0 Å². The molecule has 22 heavy (non-hydrogen) atoms. The van der Waals surface area contributed by atoms with Crippen molar-refractivity contribution in [2.24, 2.45) is 5.41 Å². The summed E-state index contributed by atoms with van der Waals surface area (Å²) in [4.78, 5) is 18.1. The number of aromatic nitrogens is 1. The highest BCUT2D eigenvalue weighted by Crippen LogP contribution is 2.41. The second-order valence-electron chi connectivity index (χ2n) is 6.55. The first-order valence-electron chi connectivity index (χ1n) is 7.36. The summed E-state index contributed by atoms with van der Waals surface area (Å²) in [6.07, 6.45) is 0.968. The molecule has 0 saturated heterocycles. The molecule has 1 N–H and O–H groups in total. The number of aliphatic hydroxyl groups excluding tert-OH is 1. The molecule has 4 heteroatoms. The van der Waals surface area contributed by atoms with Gasteiger partial charge in [0.2, 0.25) is 0 Å². The smallest absolute Gasteiger partial charge is 0.169 e. The zero-order chi connectivity index (χ0) is 15.9. The van der Waals surface area contributed by atoms with Crippen molar-refractivity contribution in [3.05, 3.63) is 46.7 Å². The van der Waals surface area contributed by atoms with Crippen molar-refractivity contribution in [1.82, 2.24) is 4.98 Å². The number of allylic oxidation sites excluding steroid dienone is 2. The zero-order valence-corrected chi connectivity index (χ0v) is 13.8. The molecule has 0 bridgehead atoms. The summed E-state index contributed by atoms with van der Waals surface area (Å²) in [5, 5.41) is 11.2. The van der Waals surface area contributed by atoms with E-state index in [2.05, 4.69) is 4.98 Å². The number of carbonyl (C=O) groups is 1. The maximum absolute atomic E-state index is 12.5. The van der Waals surface area contributed by atoms with E-state index in [1.54, 1.807) is 11.3 Å². The number of rotatable bonds is 2. The third kappa shape index (κ3) is 2.71. The van der Waals surface area contributed by atoms with Crippen LogP contribution in [0.25, 0.3) is 16.1 Å². The summed E-state index contributed by atoms with van der Waals surface area (Å²) >= 11 is 1.56. The van der Waals surface area contributed by atoms with Crippen LogP contribution < -0.4 is 0 Å². The quantitative estimate of drug-likeness (QED) is 0.868. The first-order valence-corrected chi connectivity index (χ1v) is 8.17. The van der Waals surface area contributed by atoms with Gasteiger partial charge in [-0.15, -0.1) is 11.3 Å². The van der Waals surface area contributed by atoms with Gasteiger partial charge in [-0.3, -0.25) is 4.79 Å². The maximum atomic E-state index is 12.5. The molecule has 0 fully saturated rings. The van der Waals surface area contributed by atoms with Gasteiger partial charge in [0.15, 0.2) is 5.78 Å². The molecule has 0 radical (unpaired) electrons. The number of nitrogens with zero attached hydrogens (tertiary/aromatic N) is 1. The number of benzene rings is 1. The van der Waals surface area contributed by atoms with E-state index in [9.17, 15) is 9.90 Å². The average Bonchev–Trinajstić information content (AvgIpc) is 2.80. The Bertz CT molecular complexity index is 757. The highest BCUT2D eigenvalue weighted by Gasteiger charge is 2.35. The minimum absolute atomic E-state index is 0.0123. The number of aryl methyl sites for hydroxylation is 1. The zero-order valence-electron chi connectivity index (χ0n) is 13.0. The van der Waals surface area contributed by atoms with Crippen molar-refractivity contribution in [1.29, 1.82) is 0 Å². The van der Waals surface area contributed by atoms with Crippen LogP contribution in [0.5, 0.6) is 0 Å². The highest BCUT2D eigenvalue weighted by molar-refractivity contribution is 7.15. The van der Waals surface area contributed by atoms with Gasteiger partial charge >= 0.3 is 0 Å². The summed E-state index contributed by atoms with van der Waals surface area (Å²) in [6.45, 7) is 5.95. The second-order valence-corrected chi connectivity index (χ2v) is 7.76. The molecule has 0 spiro atoms. The lowest BCUT2D eigenvalue weighted by Gasteiger charge is -2.29. The van der Waals surface area contributed by atoms with Crippen LogP contribution in [0, 0.1) is 12.3 Å². The van der Waals surface area contributed by atoms with Crippen LogP contribution in [0.4, 0.5) is 0 Å². The van der Waals surface area contributed by atoms with Crippen molar-refractivity contribution < 1.29 is 9.90 Å². The fraction of sp³-hybridized carbons (Fsp3) is 0.333. The van der Waals surface area contributed by atoms with E-state index in [-0.39, 0.29) is 17.0 Å². The van der Waals surface area contributed by atoms with Gasteiger partial charge in [-0.25, -0.2) is 4.98 Å². The number of Topliss-reactive ketones (excluding diaryl/α,β-unsaturated/α-hetero) is 1. The Hall–Kier alpha value is -1.94. The van der Waals surface area contributed by atoms with Crippen molar-refractivity contribution in [3.8, 4) is 10.6 Å². The summed E-state index contributed by atoms with van der Waals surface area (Å²) in [7, 11) is 0. The summed E-state index contributed by atoms with van der Waals surface area (Å²) in [5.41, 5.74) is 1.90. The molecule has 3 rings (SSSR count). The number of ketones is 1. The van der Waals surface area contributed by atoms with Gasteiger partial charge in [-0.2, -0.15) is 0 Å². The van der Waals surface area contributed by atoms with Crippen molar-refractivity contribution in [3.63, 3.8) is 0 Å². The maximum Gasteiger partial charge on any atom is 0.169 e. The number of hydrogen-bond acceptors (Lipinski definition) is 4. The average molecular weight is 313 g/mol. The summed E-state index contributed by atoms with van der Waals surface area (Å²) in [6, 6.07) is 9.91. The topological polar surface area (TPSA) is 50.2 Å². The third-order valence-electron chi connectivity index (χ3n) is 3.91. The van der Waals surface area contributed by atoms with Crippen LogP contribution in [0.1, 0.15) is 37.3 Å². The van der Waals surface area contributed by atoms with Gasteiger partial charge in [0.05, 0.1) is 11.3 Å². The Kier molecular flexibility index (Phi) is 3.65. The molecular weight excluding hydrogens is 294 g/mol. The van der Waals surface area contributed by atoms with E-state index in [1.807, 2.05) is 51.1 Å². The fourth-order valence-corrected chi connectivity index (χ4v) is 3.81. The van der Waals surface area contributed by atoms with Crippen LogP contribution in [0.15, 0.2) is 36.1 Å². The van der Waals surface area contributed by atoms with E-state index in [0.29, 0.717) is 24.1 Å². The van der Waals surface area contributed by atoms with Gasteiger partial charge in [0, 0.05) is 23.3 Å². The molecule has 0 amide bonds. The van der Waals surface area contributed by atoms with Crippen LogP contribution in [-0.4, -0.2) is 15.9 Å². The van der Waals surface area contributed by atoms with Crippen LogP contribution in [0.2, 0.25) is 0 Å². The Morgan fingerprint density at radius 1 is 1.18 bits per heavy atom. The van der Waals surface area contributed by atoms with Gasteiger partial charge in [-0.1, -0.05) is 44.2 Å². The minimum Gasteiger partial charge on any atom is -0.511 e. The first-order chi connectivity index (χ1) is 10.4. The molecule has 1 aromatic carbocycles. The van der Waals surface area contributed by atoms with Gasteiger partial charge in [0.25, 0.3) is 0 Å². The Morgan fingerprint density at radius 2 is 1.86 bits per heavy atom. The lowest BCUT2D eigenvalue weighted by molar-refractivity contribution is -0.116. The monoisotopic (exact) mass is 313 g/mol. The molecule has 114 valence electrons. The van der Waals surface area contributed by atoms with E-state index < -0.39 is 0 Å². The van der Waals surface area contributed by atoms with Gasteiger partial charge in [0.1, 0.15) is 10.8 Å². The number of hydrogen-bond donors (Lipinski definition) is 1. The summed E-state index contributed by atoms with van der Waals surface area (Å²) in [5.74, 6) is 0.163. The fourth-order valence-electron chi connectivity index (χ4n) is 2.89. The highest BCUT2D eigenvalue weighted by atomic mass is 32.1. The van der Waals surface area contributed by atoms with Gasteiger partial charge < -0.3 is 5.11 Å². The molecule has 0 saturated carbocycles. The molecule has 1 aliphatic rings. The largest absolute Gasteiger partial charge is 0.511 e. The first kappa shape index (κ1) is 15.0. The lowest BCUT2D eigenvalue weighted by Crippen LogP contribution is -2.25. The molecule has 1 aliphatic carbocycles. The van der Waals surface area contributed by atoms with E-state index in [0.717, 1.165) is 15.4 Å². The van der Waals surface area contributed by atoms with Crippen molar-refractivity contribution in [2.75, 3.05) is 0 Å². The minimum atomic E-state index is -0.184. The molecular formula is C18H19NO2S. The Morgan fingerprint density at radius 3 is 2.50 bits per heavy atom. The van der Waals surface area contributed by atoms with Gasteiger partial charge in [-0.05, 0) is 12.3 Å². The van der Waals surface area contributed by atoms with Crippen LogP contribution in [-0.2, 0) is 4.79 Å². The predicted octanol–water partition coefficient (Wildman–Crippen LogP) is 4.78. The molecule has 1 aromatic heterocycles. The predicted molar refractivity (Wildman–Crippen MR) is 89.9 cm³/mol. The normalized spacial score (nSPS) is 17.9. The number of aliphatic hydroxyl groups is 1. The number of thiazole rings is 1. The van der Waals surface area contributed by atoms with Crippen LogP contribution in [0.3, 0.4) is 0 Å². The van der Waals surface area contributed by atoms with E-state index in [4.69, 9.17) is 0 Å². The third-order valence-corrected chi connectivity index (χ3v) is 4.93. The van der Waals surface area contributed by atoms with Crippen molar-refractivity contribution in [2.45, 2.75) is 33.6 Å². The molecule has 0 unspecified atom stereocenters.